The van der Waals surface area contributed by atoms with E-state index in [1.165, 1.54) is 6.07 Å². The summed E-state index contributed by atoms with van der Waals surface area (Å²) in [5.41, 5.74) is -0.326. The molecular formula is C6H4BCl2FO2. The van der Waals surface area contributed by atoms with Gasteiger partial charge in [-0.1, -0.05) is 23.2 Å². The highest BCUT2D eigenvalue weighted by molar-refractivity contribution is 6.59. The van der Waals surface area contributed by atoms with Crippen LogP contribution in [0.2, 0.25) is 10.0 Å². The van der Waals surface area contributed by atoms with Crippen LogP contribution in [0.5, 0.6) is 0 Å². The third-order valence-corrected chi connectivity index (χ3v) is 1.79. The summed E-state index contributed by atoms with van der Waals surface area (Å²) in [5.74, 6) is -0.865. The highest BCUT2D eigenvalue weighted by atomic mass is 35.5. The monoisotopic (exact) mass is 208 g/mol. The quantitative estimate of drug-likeness (QED) is 0.530. The topological polar surface area (TPSA) is 40.5 Å². The summed E-state index contributed by atoms with van der Waals surface area (Å²) in [6.45, 7) is 0. The molecule has 0 aliphatic rings. The molecule has 1 rings (SSSR count). The van der Waals surface area contributed by atoms with Crippen molar-refractivity contribution in [3.63, 3.8) is 0 Å². The van der Waals surface area contributed by atoms with Gasteiger partial charge in [0.2, 0.25) is 0 Å². The lowest BCUT2D eigenvalue weighted by atomic mass is 9.80. The zero-order chi connectivity index (χ0) is 9.30. The summed E-state index contributed by atoms with van der Waals surface area (Å²) in [7, 11) is -1.90. The number of hydrogen-bond donors (Lipinski definition) is 2. The maximum atomic E-state index is 12.9. The van der Waals surface area contributed by atoms with E-state index >= 15 is 0 Å². The third-order valence-electron chi connectivity index (χ3n) is 1.30. The second-order valence-electron chi connectivity index (χ2n) is 2.16. The van der Waals surface area contributed by atoms with Crippen molar-refractivity contribution in [1.82, 2.24) is 0 Å². The molecule has 6 heteroatoms. The first-order valence-corrected chi connectivity index (χ1v) is 3.78. The van der Waals surface area contributed by atoms with Crippen LogP contribution < -0.4 is 5.46 Å². The number of benzene rings is 1. The van der Waals surface area contributed by atoms with E-state index in [-0.39, 0.29) is 15.5 Å². The van der Waals surface area contributed by atoms with Crippen LogP contribution in [0, 0.1) is 5.82 Å². The molecule has 0 radical (unpaired) electrons. The average Bonchev–Trinajstić information content (AvgIpc) is 1.96. The van der Waals surface area contributed by atoms with Crippen molar-refractivity contribution in [2.75, 3.05) is 0 Å². The van der Waals surface area contributed by atoms with Gasteiger partial charge in [-0.15, -0.1) is 0 Å². The molecule has 0 aliphatic heterocycles. The fraction of sp³-hybridized carbons (Fsp3) is 0. The van der Waals surface area contributed by atoms with E-state index in [1.807, 2.05) is 0 Å². The number of rotatable bonds is 1. The Hall–Kier alpha value is -0.285. The minimum atomic E-state index is -1.90. The first-order chi connectivity index (χ1) is 5.52. The Morgan fingerprint density at radius 1 is 1.25 bits per heavy atom. The summed E-state index contributed by atoms with van der Waals surface area (Å²) < 4.78 is 12.9. The highest BCUT2D eigenvalue weighted by Gasteiger charge is 2.19. The minimum absolute atomic E-state index is 0.157. The molecule has 0 aromatic heterocycles. The SMILES string of the molecule is OB(O)c1cc(Cl)cc(Cl)c1F. The van der Waals surface area contributed by atoms with Gasteiger partial charge in [-0.25, -0.2) is 4.39 Å². The van der Waals surface area contributed by atoms with E-state index in [9.17, 15) is 4.39 Å². The van der Waals surface area contributed by atoms with Crippen LogP contribution in [0.1, 0.15) is 0 Å². The Morgan fingerprint density at radius 2 is 1.83 bits per heavy atom. The normalized spacial score (nSPS) is 10.1. The maximum absolute atomic E-state index is 12.9. The van der Waals surface area contributed by atoms with Crippen molar-refractivity contribution in [2.24, 2.45) is 0 Å². The predicted molar refractivity (Wildman–Crippen MR) is 46.2 cm³/mol. The zero-order valence-corrected chi connectivity index (χ0v) is 7.27. The van der Waals surface area contributed by atoms with E-state index in [2.05, 4.69) is 0 Å². The molecule has 0 saturated carbocycles. The molecule has 1 aromatic rings. The van der Waals surface area contributed by atoms with Crippen molar-refractivity contribution in [1.29, 1.82) is 0 Å². The van der Waals surface area contributed by atoms with Gasteiger partial charge in [-0.05, 0) is 12.1 Å². The Kier molecular flexibility index (Phi) is 2.96. The van der Waals surface area contributed by atoms with Crippen LogP contribution in [0.25, 0.3) is 0 Å². The van der Waals surface area contributed by atoms with Crippen LogP contribution in [-0.2, 0) is 0 Å². The van der Waals surface area contributed by atoms with Crippen LogP contribution >= 0.6 is 23.2 Å². The molecule has 0 spiro atoms. The average molecular weight is 209 g/mol. The van der Waals surface area contributed by atoms with Crippen LogP contribution in [-0.4, -0.2) is 17.2 Å². The molecule has 0 unspecified atom stereocenters. The molecule has 2 nitrogen and oxygen atoms in total. The van der Waals surface area contributed by atoms with Crippen LogP contribution in [0.15, 0.2) is 12.1 Å². The molecule has 0 bridgehead atoms. The first kappa shape index (κ1) is 9.80. The largest absolute Gasteiger partial charge is 0.491 e. The molecule has 64 valence electrons. The summed E-state index contributed by atoms with van der Waals surface area (Å²) in [6, 6.07) is 2.29. The Bertz CT molecular complexity index is 306. The van der Waals surface area contributed by atoms with Gasteiger partial charge in [0.05, 0.1) is 5.02 Å². The molecule has 1 aromatic carbocycles. The second-order valence-corrected chi connectivity index (χ2v) is 3.01. The van der Waals surface area contributed by atoms with E-state index in [4.69, 9.17) is 33.2 Å². The fourth-order valence-electron chi connectivity index (χ4n) is 0.764. The lowest BCUT2D eigenvalue weighted by Crippen LogP contribution is -2.32. The van der Waals surface area contributed by atoms with E-state index in [0.29, 0.717) is 0 Å². The fourth-order valence-corrected chi connectivity index (χ4v) is 1.27. The summed E-state index contributed by atoms with van der Waals surface area (Å²) in [4.78, 5) is 0. The molecule has 2 N–H and O–H groups in total. The van der Waals surface area contributed by atoms with Crippen LogP contribution in [0.3, 0.4) is 0 Å². The van der Waals surface area contributed by atoms with Crippen molar-refractivity contribution >= 4 is 35.8 Å². The molecular weight excluding hydrogens is 205 g/mol. The number of hydrogen-bond acceptors (Lipinski definition) is 2. The first-order valence-electron chi connectivity index (χ1n) is 3.03. The summed E-state index contributed by atoms with van der Waals surface area (Å²) in [5, 5.41) is 17.2. The maximum Gasteiger partial charge on any atom is 0.491 e. The Morgan fingerprint density at radius 3 is 2.33 bits per heavy atom. The smallest absolute Gasteiger partial charge is 0.423 e. The second kappa shape index (κ2) is 3.62. The van der Waals surface area contributed by atoms with Gasteiger partial charge in [0, 0.05) is 10.5 Å². The van der Waals surface area contributed by atoms with Gasteiger partial charge < -0.3 is 10.0 Å². The van der Waals surface area contributed by atoms with Gasteiger partial charge in [-0.3, -0.25) is 0 Å². The van der Waals surface area contributed by atoms with Crippen molar-refractivity contribution in [3.8, 4) is 0 Å². The molecule has 0 fully saturated rings. The highest BCUT2D eigenvalue weighted by Crippen LogP contribution is 2.17. The molecule has 0 amide bonds. The van der Waals surface area contributed by atoms with Gasteiger partial charge in [0.25, 0.3) is 0 Å². The summed E-state index contributed by atoms with van der Waals surface area (Å²) in [6.07, 6.45) is 0. The third kappa shape index (κ3) is 1.90. The van der Waals surface area contributed by atoms with E-state index in [0.717, 1.165) is 6.07 Å². The molecule has 0 heterocycles. The Balaban J connectivity index is 3.28. The molecule has 0 aliphatic carbocycles. The Labute approximate surface area is 78.7 Å². The summed E-state index contributed by atoms with van der Waals surface area (Å²) >= 11 is 10.9. The lowest BCUT2D eigenvalue weighted by Gasteiger charge is -2.03. The molecule has 0 atom stereocenters. The van der Waals surface area contributed by atoms with Gasteiger partial charge in [0.15, 0.2) is 0 Å². The van der Waals surface area contributed by atoms with Gasteiger partial charge in [-0.2, -0.15) is 0 Å². The van der Waals surface area contributed by atoms with Crippen molar-refractivity contribution < 1.29 is 14.4 Å². The molecule has 12 heavy (non-hydrogen) atoms. The van der Waals surface area contributed by atoms with Crippen molar-refractivity contribution in [2.45, 2.75) is 0 Å². The standard InChI is InChI=1S/C6H4BCl2FO2/c8-3-1-4(7(11)12)6(10)5(9)2-3/h1-2,11-12H. The van der Waals surface area contributed by atoms with E-state index < -0.39 is 12.9 Å². The minimum Gasteiger partial charge on any atom is -0.423 e. The molecule has 0 saturated heterocycles. The van der Waals surface area contributed by atoms with Gasteiger partial charge in [0.1, 0.15) is 5.82 Å². The van der Waals surface area contributed by atoms with Gasteiger partial charge >= 0.3 is 7.12 Å². The number of halogens is 3. The van der Waals surface area contributed by atoms with Crippen molar-refractivity contribution in [3.05, 3.63) is 28.0 Å². The predicted octanol–water partition coefficient (Wildman–Crippen LogP) is 0.812. The van der Waals surface area contributed by atoms with E-state index in [1.54, 1.807) is 0 Å². The van der Waals surface area contributed by atoms with Crippen LogP contribution in [0.4, 0.5) is 4.39 Å². The zero-order valence-electron chi connectivity index (χ0n) is 5.76. The lowest BCUT2D eigenvalue weighted by molar-refractivity contribution is 0.423.